The van der Waals surface area contributed by atoms with Gasteiger partial charge in [0.05, 0.1) is 6.61 Å². The van der Waals surface area contributed by atoms with E-state index in [2.05, 4.69) is 15.9 Å². The van der Waals surface area contributed by atoms with Crippen molar-refractivity contribution in [2.45, 2.75) is 25.7 Å². The summed E-state index contributed by atoms with van der Waals surface area (Å²) in [5, 5.41) is 1.07. The van der Waals surface area contributed by atoms with Crippen molar-refractivity contribution >= 4 is 27.8 Å². The minimum Gasteiger partial charge on any atom is -0.494 e. The van der Waals surface area contributed by atoms with Gasteiger partial charge >= 0.3 is 0 Å². The Morgan fingerprint density at radius 3 is 2.33 bits per heavy atom. The number of unbranched alkanes of at least 4 members (excludes halogenated alkanes) is 3. The van der Waals surface area contributed by atoms with Gasteiger partial charge in [0.25, 0.3) is 0 Å². The van der Waals surface area contributed by atoms with Crippen LogP contribution in [0.1, 0.15) is 41.6 Å². The highest BCUT2D eigenvalue weighted by atomic mass is 79.9. The minimum atomic E-state index is 0.000163. The molecule has 0 spiro atoms. The number of ketones is 1. The minimum absolute atomic E-state index is 0.000163. The molecule has 0 aliphatic rings. The van der Waals surface area contributed by atoms with Gasteiger partial charge < -0.3 is 4.74 Å². The highest BCUT2D eigenvalue weighted by molar-refractivity contribution is 9.09. The molecule has 0 amide bonds. The fourth-order valence-corrected chi connectivity index (χ4v) is 2.68. The van der Waals surface area contributed by atoms with Crippen LogP contribution in [0.2, 0.25) is 0 Å². The second-order valence-electron chi connectivity index (χ2n) is 5.58. The van der Waals surface area contributed by atoms with E-state index in [1.807, 2.05) is 60.7 Å². The number of hydrogen-bond acceptors (Lipinski definition) is 2. The molecule has 0 atom stereocenters. The monoisotopic (exact) mass is 386 g/mol. The molecule has 0 unspecified atom stereocenters. The average molecular weight is 387 g/mol. The molecular formula is C21H23BrO2. The fourth-order valence-electron chi connectivity index (χ4n) is 2.29. The molecule has 0 aliphatic heterocycles. The van der Waals surface area contributed by atoms with Crippen LogP contribution in [0.4, 0.5) is 0 Å². The van der Waals surface area contributed by atoms with Gasteiger partial charge in [-0.3, -0.25) is 4.79 Å². The van der Waals surface area contributed by atoms with Crippen LogP contribution in [-0.4, -0.2) is 17.7 Å². The summed E-state index contributed by atoms with van der Waals surface area (Å²) in [6.07, 6.45) is 8.14. The summed E-state index contributed by atoms with van der Waals surface area (Å²) in [5.74, 6) is 0.819. The molecule has 2 aromatic rings. The topological polar surface area (TPSA) is 26.3 Å². The first-order chi connectivity index (χ1) is 11.8. The van der Waals surface area contributed by atoms with Gasteiger partial charge in [0, 0.05) is 10.9 Å². The predicted molar refractivity (Wildman–Crippen MR) is 104 cm³/mol. The number of halogens is 1. The van der Waals surface area contributed by atoms with Gasteiger partial charge in [-0.2, -0.15) is 0 Å². The van der Waals surface area contributed by atoms with E-state index in [1.54, 1.807) is 6.08 Å². The first-order valence-electron chi connectivity index (χ1n) is 8.36. The highest BCUT2D eigenvalue weighted by Crippen LogP contribution is 2.14. The van der Waals surface area contributed by atoms with Gasteiger partial charge in [-0.05, 0) is 48.7 Å². The van der Waals surface area contributed by atoms with E-state index < -0.39 is 0 Å². The van der Waals surface area contributed by atoms with Gasteiger partial charge in [0.1, 0.15) is 5.75 Å². The van der Waals surface area contributed by atoms with Crippen molar-refractivity contribution in [1.82, 2.24) is 0 Å². The van der Waals surface area contributed by atoms with Crippen molar-refractivity contribution in [2.24, 2.45) is 0 Å². The van der Waals surface area contributed by atoms with Crippen molar-refractivity contribution < 1.29 is 9.53 Å². The Labute approximate surface area is 152 Å². The number of alkyl halides is 1. The summed E-state index contributed by atoms with van der Waals surface area (Å²) in [6.45, 7) is 0.726. The molecule has 24 heavy (non-hydrogen) atoms. The maximum absolute atomic E-state index is 12.2. The Morgan fingerprint density at radius 1 is 0.917 bits per heavy atom. The largest absolute Gasteiger partial charge is 0.494 e. The Hall–Kier alpha value is -1.87. The quantitative estimate of drug-likeness (QED) is 0.219. The summed E-state index contributed by atoms with van der Waals surface area (Å²) >= 11 is 3.43. The molecule has 0 bridgehead atoms. The molecule has 3 heteroatoms. The lowest BCUT2D eigenvalue weighted by atomic mass is 10.1. The van der Waals surface area contributed by atoms with Crippen LogP contribution >= 0.6 is 15.9 Å². The number of allylic oxidation sites excluding steroid dienone is 1. The van der Waals surface area contributed by atoms with E-state index in [-0.39, 0.29) is 5.78 Å². The average Bonchev–Trinajstić information content (AvgIpc) is 2.64. The number of ether oxygens (including phenoxy) is 1. The Bertz CT molecular complexity index is 633. The molecular weight excluding hydrogens is 364 g/mol. The third-order valence-corrected chi connectivity index (χ3v) is 4.22. The third-order valence-electron chi connectivity index (χ3n) is 3.66. The molecule has 0 saturated carbocycles. The van der Waals surface area contributed by atoms with Gasteiger partial charge in [-0.15, -0.1) is 0 Å². The van der Waals surface area contributed by atoms with Crippen LogP contribution in [0, 0.1) is 0 Å². The van der Waals surface area contributed by atoms with E-state index in [0.29, 0.717) is 5.56 Å². The van der Waals surface area contributed by atoms with Crippen molar-refractivity contribution in [3.8, 4) is 5.75 Å². The number of carbonyl (C=O) groups is 1. The van der Waals surface area contributed by atoms with E-state index in [9.17, 15) is 4.79 Å². The van der Waals surface area contributed by atoms with Crippen molar-refractivity contribution in [1.29, 1.82) is 0 Å². The van der Waals surface area contributed by atoms with Crippen LogP contribution in [-0.2, 0) is 0 Å². The van der Waals surface area contributed by atoms with Crippen LogP contribution in [0.5, 0.6) is 5.75 Å². The fraction of sp³-hybridized carbons (Fsp3) is 0.286. The lowest BCUT2D eigenvalue weighted by molar-refractivity contribution is 0.104. The second kappa shape index (κ2) is 10.8. The van der Waals surface area contributed by atoms with Gasteiger partial charge in [-0.25, -0.2) is 0 Å². The van der Waals surface area contributed by atoms with Crippen molar-refractivity contribution in [3.63, 3.8) is 0 Å². The zero-order chi connectivity index (χ0) is 17.0. The van der Waals surface area contributed by atoms with Gasteiger partial charge in [0.2, 0.25) is 0 Å². The molecule has 0 fully saturated rings. The molecule has 126 valence electrons. The molecule has 2 nitrogen and oxygen atoms in total. The summed E-state index contributed by atoms with van der Waals surface area (Å²) in [4.78, 5) is 12.2. The second-order valence-corrected chi connectivity index (χ2v) is 6.38. The number of carbonyl (C=O) groups excluding carboxylic acids is 1. The van der Waals surface area contributed by atoms with Gasteiger partial charge in [-0.1, -0.05) is 65.2 Å². The summed E-state index contributed by atoms with van der Waals surface area (Å²) in [6, 6.07) is 17.2. The van der Waals surface area contributed by atoms with Crippen LogP contribution in [0.3, 0.4) is 0 Å². The molecule has 2 aromatic carbocycles. The summed E-state index contributed by atoms with van der Waals surface area (Å²) < 4.78 is 5.71. The normalized spacial score (nSPS) is 10.9. The number of rotatable bonds is 10. The Kier molecular flexibility index (Phi) is 8.33. The van der Waals surface area contributed by atoms with E-state index in [0.717, 1.165) is 29.7 Å². The lowest BCUT2D eigenvalue weighted by Gasteiger charge is -2.06. The molecule has 2 rings (SSSR count). The Balaban J connectivity index is 1.78. The summed E-state index contributed by atoms with van der Waals surface area (Å²) in [5.41, 5.74) is 1.69. The van der Waals surface area contributed by atoms with Crippen LogP contribution < -0.4 is 4.74 Å². The molecule has 0 heterocycles. The maximum atomic E-state index is 12.2. The lowest BCUT2D eigenvalue weighted by Crippen LogP contribution is -1.99. The molecule has 0 aromatic heterocycles. The van der Waals surface area contributed by atoms with E-state index >= 15 is 0 Å². The van der Waals surface area contributed by atoms with Crippen LogP contribution in [0.25, 0.3) is 6.08 Å². The third kappa shape index (κ3) is 6.71. The maximum Gasteiger partial charge on any atom is 0.185 e. The molecule has 0 saturated heterocycles. The summed E-state index contributed by atoms with van der Waals surface area (Å²) in [7, 11) is 0. The standard InChI is InChI=1S/C21H23BrO2/c22-16-6-1-2-7-17-24-20-13-11-19(12-14-20)21(23)15-10-18-8-4-3-5-9-18/h3-5,8-15H,1-2,6-7,16-17H2. The SMILES string of the molecule is O=C(C=Cc1ccccc1)c1ccc(OCCCCCCBr)cc1. The number of benzene rings is 2. The molecule has 0 radical (unpaired) electrons. The van der Waals surface area contributed by atoms with Gasteiger partial charge in [0.15, 0.2) is 5.78 Å². The molecule has 0 aliphatic carbocycles. The van der Waals surface area contributed by atoms with Crippen molar-refractivity contribution in [2.75, 3.05) is 11.9 Å². The van der Waals surface area contributed by atoms with E-state index in [1.165, 1.54) is 19.3 Å². The molecule has 0 N–H and O–H groups in total. The highest BCUT2D eigenvalue weighted by Gasteiger charge is 2.02. The zero-order valence-electron chi connectivity index (χ0n) is 13.8. The smallest absolute Gasteiger partial charge is 0.185 e. The van der Waals surface area contributed by atoms with Crippen LogP contribution in [0.15, 0.2) is 60.7 Å². The first kappa shape index (κ1) is 18.5. The first-order valence-corrected chi connectivity index (χ1v) is 9.48. The Morgan fingerprint density at radius 2 is 1.62 bits per heavy atom. The number of hydrogen-bond donors (Lipinski definition) is 0. The predicted octanol–water partition coefficient (Wildman–Crippen LogP) is 5.92. The zero-order valence-corrected chi connectivity index (χ0v) is 15.4. The van der Waals surface area contributed by atoms with Crippen molar-refractivity contribution in [3.05, 3.63) is 71.8 Å². The van der Waals surface area contributed by atoms with E-state index in [4.69, 9.17) is 4.74 Å².